The third kappa shape index (κ3) is 2.36. The van der Waals surface area contributed by atoms with Crippen LogP contribution in [0.4, 0.5) is 5.82 Å². The minimum Gasteiger partial charge on any atom is -0.425 e. The van der Waals surface area contributed by atoms with Crippen LogP contribution in [0.1, 0.15) is 6.92 Å². The van der Waals surface area contributed by atoms with Crippen LogP contribution in [0.5, 0.6) is 11.8 Å². The predicted molar refractivity (Wildman–Crippen MR) is 66.5 cm³/mol. The molecule has 0 bridgehead atoms. The molecule has 1 aromatic heterocycles. The molecule has 0 saturated carbocycles. The van der Waals surface area contributed by atoms with Crippen LogP contribution in [0.2, 0.25) is 0 Å². The summed E-state index contributed by atoms with van der Waals surface area (Å²) in [7, 11) is 0. The number of nitrogen functional groups attached to an aromatic ring is 1. The van der Waals surface area contributed by atoms with Gasteiger partial charge in [-0.05, 0) is 25.1 Å². The molecule has 0 fully saturated rings. The van der Waals surface area contributed by atoms with Gasteiger partial charge in [0.1, 0.15) is 11.6 Å². The molecule has 0 aliphatic carbocycles. The van der Waals surface area contributed by atoms with Gasteiger partial charge in [0.2, 0.25) is 0 Å². The molecule has 1 aromatic carbocycles. The van der Waals surface area contributed by atoms with Crippen LogP contribution in [0.3, 0.4) is 0 Å². The van der Waals surface area contributed by atoms with E-state index in [-0.39, 0.29) is 0 Å². The summed E-state index contributed by atoms with van der Waals surface area (Å²) < 4.78 is 8.47. The first-order valence-electron chi connectivity index (χ1n) is 4.95. The molecule has 1 heterocycles. The van der Waals surface area contributed by atoms with E-state index in [1.165, 1.54) is 0 Å². The molecule has 84 valence electrons. The molecule has 0 atom stereocenters. The van der Waals surface area contributed by atoms with E-state index in [4.69, 9.17) is 10.5 Å². The minimum atomic E-state index is 0.465. The zero-order valence-corrected chi connectivity index (χ0v) is 10.4. The number of nitrogens with two attached hydrogens (primary N) is 1. The van der Waals surface area contributed by atoms with Gasteiger partial charge < -0.3 is 10.5 Å². The fourth-order valence-corrected chi connectivity index (χ4v) is 1.74. The van der Waals surface area contributed by atoms with Crippen molar-refractivity contribution >= 4 is 21.7 Å². The maximum atomic E-state index is 5.64. The zero-order valence-electron chi connectivity index (χ0n) is 8.85. The lowest BCUT2D eigenvalue weighted by molar-refractivity contribution is 0.415. The minimum absolute atomic E-state index is 0.465. The van der Waals surface area contributed by atoms with Crippen LogP contribution in [0.25, 0.3) is 0 Å². The highest BCUT2D eigenvalue weighted by Crippen LogP contribution is 2.24. The molecule has 0 aliphatic heterocycles. The second-order valence-corrected chi connectivity index (χ2v) is 4.21. The van der Waals surface area contributed by atoms with Crippen LogP contribution < -0.4 is 10.5 Å². The maximum Gasteiger partial charge on any atom is 0.303 e. The number of imidazole rings is 1. The first-order valence-corrected chi connectivity index (χ1v) is 5.74. The van der Waals surface area contributed by atoms with Crippen molar-refractivity contribution in [2.24, 2.45) is 0 Å². The first kappa shape index (κ1) is 11.0. The number of rotatable bonds is 3. The summed E-state index contributed by atoms with van der Waals surface area (Å²) in [6.45, 7) is 2.78. The Bertz CT molecular complexity index is 496. The summed E-state index contributed by atoms with van der Waals surface area (Å²) in [5, 5.41) is 0. The molecule has 16 heavy (non-hydrogen) atoms. The third-order valence-corrected chi connectivity index (χ3v) is 2.60. The highest BCUT2D eigenvalue weighted by Gasteiger charge is 2.07. The lowest BCUT2D eigenvalue weighted by Crippen LogP contribution is -1.96. The molecule has 2 rings (SSSR count). The Kier molecular flexibility index (Phi) is 3.14. The number of hydrogen-bond acceptors (Lipinski definition) is 3. The highest BCUT2D eigenvalue weighted by molar-refractivity contribution is 9.10. The van der Waals surface area contributed by atoms with Crippen LogP contribution >= 0.6 is 15.9 Å². The lowest BCUT2D eigenvalue weighted by atomic mass is 10.3. The molecule has 0 aliphatic rings. The van der Waals surface area contributed by atoms with Gasteiger partial charge in [-0.3, -0.25) is 4.57 Å². The number of nitrogens with zero attached hydrogens (tertiary/aromatic N) is 2. The van der Waals surface area contributed by atoms with E-state index >= 15 is 0 Å². The van der Waals surface area contributed by atoms with Crippen molar-refractivity contribution in [1.82, 2.24) is 9.55 Å². The number of aryl methyl sites for hydroxylation is 1. The van der Waals surface area contributed by atoms with Crippen molar-refractivity contribution in [2.75, 3.05) is 5.73 Å². The molecule has 0 saturated heterocycles. The van der Waals surface area contributed by atoms with Gasteiger partial charge in [0.15, 0.2) is 0 Å². The van der Waals surface area contributed by atoms with Crippen LogP contribution in [-0.4, -0.2) is 9.55 Å². The van der Waals surface area contributed by atoms with Gasteiger partial charge in [0.25, 0.3) is 0 Å². The van der Waals surface area contributed by atoms with Crippen molar-refractivity contribution in [1.29, 1.82) is 0 Å². The molecule has 0 spiro atoms. The van der Waals surface area contributed by atoms with Crippen molar-refractivity contribution in [3.63, 3.8) is 0 Å². The fraction of sp³-hybridized carbons (Fsp3) is 0.182. The third-order valence-electron chi connectivity index (χ3n) is 2.10. The van der Waals surface area contributed by atoms with Crippen molar-refractivity contribution in [3.8, 4) is 11.8 Å². The predicted octanol–water partition coefficient (Wildman–Crippen LogP) is 3.04. The first-order chi connectivity index (χ1) is 7.69. The zero-order chi connectivity index (χ0) is 11.5. The molecular weight excluding hydrogens is 270 g/mol. The van der Waals surface area contributed by atoms with E-state index in [2.05, 4.69) is 20.9 Å². The molecule has 2 aromatic rings. The SMILES string of the molecule is CCn1cc(N)nc1Oc1cccc(Br)c1. The van der Waals surface area contributed by atoms with Gasteiger partial charge in [-0.2, -0.15) is 4.98 Å². The van der Waals surface area contributed by atoms with E-state index in [1.54, 1.807) is 6.20 Å². The Morgan fingerprint density at radius 1 is 1.50 bits per heavy atom. The van der Waals surface area contributed by atoms with Crippen LogP contribution in [0, 0.1) is 0 Å². The quantitative estimate of drug-likeness (QED) is 0.941. The standard InChI is InChI=1S/C11H12BrN3O/c1-2-15-7-10(13)14-11(15)16-9-5-3-4-8(12)6-9/h3-7H,2,13H2,1H3. The molecule has 0 unspecified atom stereocenters. The van der Waals surface area contributed by atoms with Crippen molar-refractivity contribution < 1.29 is 4.74 Å². The molecule has 4 nitrogen and oxygen atoms in total. The number of anilines is 1. The Morgan fingerprint density at radius 3 is 3.00 bits per heavy atom. The monoisotopic (exact) mass is 281 g/mol. The maximum absolute atomic E-state index is 5.64. The van der Waals surface area contributed by atoms with Gasteiger partial charge in [-0.25, -0.2) is 0 Å². The highest BCUT2D eigenvalue weighted by atomic mass is 79.9. The summed E-state index contributed by atoms with van der Waals surface area (Å²) in [5.74, 6) is 1.20. The van der Waals surface area contributed by atoms with E-state index in [0.717, 1.165) is 16.8 Å². The van der Waals surface area contributed by atoms with Crippen molar-refractivity contribution in [2.45, 2.75) is 13.5 Å². The number of aromatic nitrogens is 2. The summed E-state index contributed by atoms with van der Waals surface area (Å²) in [4.78, 5) is 4.11. The average Bonchev–Trinajstić information content (AvgIpc) is 2.59. The van der Waals surface area contributed by atoms with E-state index in [1.807, 2.05) is 35.8 Å². The number of ether oxygens (including phenoxy) is 1. The Morgan fingerprint density at radius 2 is 2.31 bits per heavy atom. The average molecular weight is 282 g/mol. The van der Waals surface area contributed by atoms with Gasteiger partial charge in [0, 0.05) is 11.0 Å². The Hall–Kier alpha value is -1.49. The molecule has 5 heteroatoms. The summed E-state index contributed by atoms with van der Waals surface area (Å²) in [5.41, 5.74) is 5.62. The second kappa shape index (κ2) is 4.57. The smallest absolute Gasteiger partial charge is 0.303 e. The number of halogens is 1. The largest absolute Gasteiger partial charge is 0.425 e. The van der Waals surface area contributed by atoms with Crippen molar-refractivity contribution in [3.05, 3.63) is 34.9 Å². The van der Waals surface area contributed by atoms with Gasteiger partial charge >= 0.3 is 6.01 Å². The van der Waals surface area contributed by atoms with Crippen LogP contribution in [0.15, 0.2) is 34.9 Å². The fourth-order valence-electron chi connectivity index (χ4n) is 1.36. The number of hydrogen-bond donors (Lipinski definition) is 1. The molecular formula is C11H12BrN3O. The second-order valence-electron chi connectivity index (χ2n) is 3.29. The molecule has 0 radical (unpaired) electrons. The van der Waals surface area contributed by atoms with Gasteiger partial charge in [-0.15, -0.1) is 0 Å². The topological polar surface area (TPSA) is 53.1 Å². The summed E-state index contributed by atoms with van der Waals surface area (Å²) in [6, 6.07) is 8.11. The summed E-state index contributed by atoms with van der Waals surface area (Å²) in [6.07, 6.45) is 1.76. The van der Waals surface area contributed by atoms with Gasteiger partial charge in [-0.1, -0.05) is 22.0 Å². The Balaban J connectivity index is 2.26. The summed E-state index contributed by atoms with van der Waals surface area (Å²) >= 11 is 3.38. The molecule has 2 N–H and O–H groups in total. The van der Waals surface area contributed by atoms with Crippen LogP contribution in [-0.2, 0) is 6.54 Å². The lowest BCUT2D eigenvalue weighted by Gasteiger charge is -2.06. The van der Waals surface area contributed by atoms with Gasteiger partial charge in [0.05, 0.1) is 6.20 Å². The molecule has 0 amide bonds. The van der Waals surface area contributed by atoms with E-state index in [0.29, 0.717) is 11.8 Å². The Labute approximate surface area is 102 Å². The number of benzene rings is 1. The van der Waals surface area contributed by atoms with E-state index < -0.39 is 0 Å². The van der Waals surface area contributed by atoms with E-state index in [9.17, 15) is 0 Å². The normalized spacial score (nSPS) is 10.4.